The molecule has 0 fully saturated rings. The molecule has 17 heavy (non-hydrogen) atoms. The van der Waals surface area contributed by atoms with Gasteiger partial charge in [0.05, 0.1) is 11.8 Å². The standard InChI is InChI=1S/C10H12N2O3S2/c1-10(2,17(3,14)15)7-4-6-8(16-7)9(13)12-5-11-6/h4-5H,1-3H3,(H,11,12,13). The third-order valence-electron chi connectivity index (χ3n) is 2.84. The molecule has 2 aromatic heterocycles. The SMILES string of the molecule is CC(C)(c1cc2nc[nH]c(=O)c2s1)S(C)(=O)=O. The summed E-state index contributed by atoms with van der Waals surface area (Å²) < 4.78 is 22.9. The Morgan fingerprint density at radius 1 is 1.41 bits per heavy atom. The summed E-state index contributed by atoms with van der Waals surface area (Å²) in [5, 5.41) is 0. The predicted molar refractivity (Wildman–Crippen MR) is 68.1 cm³/mol. The molecule has 2 rings (SSSR count). The summed E-state index contributed by atoms with van der Waals surface area (Å²) in [6, 6.07) is 1.66. The van der Waals surface area contributed by atoms with Gasteiger partial charge in [-0.15, -0.1) is 11.3 Å². The molecule has 0 saturated carbocycles. The summed E-state index contributed by atoms with van der Waals surface area (Å²) in [4.78, 5) is 18.6. The average Bonchev–Trinajstić information content (AvgIpc) is 2.61. The van der Waals surface area contributed by atoms with E-state index in [4.69, 9.17) is 0 Å². The lowest BCUT2D eigenvalue weighted by molar-refractivity contribution is 0.564. The van der Waals surface area contributed by atoms with E-state index >= 15 is 0 Å². The van der Waals surface area contributed by atoms with Gasteiger partial charge in [-0.3, -0.25) is 4.79 Å². The van der Waals surface area contributed by atoms with Crippen LogP contribution in [0.25, 0.3) is 10.2 Å². The van der Waals surface area contributed by atoms with Crippen molar-refractivity contribution in [1.82, 2.24) is 9.97 Å². The Kier molecular flexibility index (Phi) is 2.62. The second-order valence-electron chi connectivity index (χ2n) is 4.34. The fraction of sp³-hybridized carbons (Fsp3) is 0.400. The smallest absolute Gasteiger partial charge is 0.268 e. The molecule has 0 aromatic carbocycles. The summed E-state index contributed by atoms with van der Waals surface area (Å²) in [5.74, 6) is 0. The summed E-state index contributed by atoms with van der Waals surface area (Å²) in [7, 11) is -3.25. The van der Waals surface area contributed by atoms with Gasteiger partial charge in [0, 0.05) is 11.1 Å². The molecule has 0 radical (unpaired) electrons. The second kappa shape index (κ2) is 3.64. The van der Waals surface area contributed by atoms with E-state index in [-0.39, 0.29) is 5.56 Å². The van der Waals surface area contributed by atoms with Crippen LogP contribution in [0.2, 0.25) is 0 Å². The van der Waals surface area contributed by atoms with Crippen molar-refractivity contribution in [2.45, 2.75) is 18.6 Å². The summed E-state index contributed by atoms with van der Waals surface area (Å²) in [6.45, 7) is 3.25. The quantitative estimate of drug-likeness (QED) is 0.892. The van der Waals surface area contributed by atoms with Gasteiger partial charge in [-0.1, -0.05) is 0 Å². The highest BCUT2D eigenvalue weighted by Gasteiger charge is 2.34. The zero-order chi connectivity index (χ0) is 12.8. The Morgan fingerprint density at radius 2 is 2.06 bits per heavy atom. The first-order valence-corrected chi connectivity index (χ1v) is 7.61. The van der Waals surface area contributed by atoms with E-state index in [1.165, 1.54) is 23.9 Å². The first-order chi connectivity index (χ1) is 7.73. The second-order valence-corrected chi connectivity index (χ2v) is 7.96. The number of fused-ring (bicyclic) bond motifs is 1. The number of aromatic nitrogens is 2. The van der Waals surface area contributed by atoms with Gasteiger partial charge < -0.3 is 4.98 Å². The van der Waals surface area contributed by atoms with Crippen molar-refractivity contribution in [2.24, 2.45) is 0 Å². The molecule has 0 spiro atoms. The van der Waals surface area contributed by atoms with Crippen molar-refractivity contribution in [3.8, 4) is 0 Å². The monoisotopic (exact) mass is 272 g/mol. The van der Waals surface area contributed by atoms with Gasteiger partial charge in [-0.05, 0) is 19.9 Å². The number of thiophene rings is 1. The Morgan fingerprint density at radius 3 is 2.59 bits per heavy atom. The van der Waals surface area contributed by atoms with Crippen LogP contribution in [0.1, 0.15) is 18.7 Å². The van der Waals surface area contributed by atoms with Gasteiger partial charge in [-0.25, -0.2) is 13.4 Å². The van der Waals surface area contributed by atoms with Crippen molar-refractivity contribution in [1.29, 1.82) is 0 Å². The molecule has 0 amide bonds. The summed E-state index contributed by atoms with van der Waals surface area (Å²) >= 11 is 1.17. The maximum Gasteiger partial charge on any atom is 0.268 e. The van der Waals surface area contributed by atoms with E-state index in [9.17, 15) is 13.2 Å². The van der Waals surface area contributed by atoms with Gasteiger partial charge >= 0.3 is 0 Å². The largest absolute Gasteiger partial charge is 0.312 e. The van der Waals surface area contributed by atoms with Crippen molar-refractivity contribution >= 4 is 31.4 Å². The first-order valence-electron chi connectivity index (χ1n) is 4.91. The van der Waals surface area contributed by atoms with Gasteiger partial charge in [0.2, 0.25) is 0 Å². The molecule has 0 saturated heterocycles. The number of nitrogens with one attached hydrogen (secondary N) is 1. The van der Waals surface area contributed by atoms with E-state index in [2.05, 4.69) is 9.97 Å². The van der Waals surface area contributed by atoms with E-state index < -0.39 is 14.6 Å². The molecule has 7 heteroatoms. The number of aromatic amines is 1. The highest BCUT2D eigenvalue weighted by molar-refractivity contribution is 7.91. The van der Waals surface area contributed by atoms with Gasteiger partial charge in [0.15, 0.2) is 9.84 Å². The zero-order valence-corrected chi connectivity index (χ0v) is 11.3. The molecule has 2 heterocycles. The molecular weight excluding hydrogens is 260 g/mol. The normalized spacial score (nSPS) is 13.1. The number of hydrogen-bond donors (Lipinski definition) is 1. The van der Waals surface area contributed by atoms with E-state index in [1.54, 1.807) is 19.9 Å². The molecule has 0 atom stereocenters. The lowest BCUT2D eigenvalue weighted by atomic mass is 10.1. The highest BCUT2D eigenvalue weighted by atomic mass is 32.2. The fourth-order valence-electron chi connectivity index (χ4n) is 1.35. The van der Waals surface area contributed by atoms with Crippen molar-refractivity contribution in [2.75, 3.05) is 6.26 Å². The predicted octanol–water partition coefficient (Wildman–Crippen LogP) is 1.26. The van der Waals surface area contributed by atoms with Crippen LogP contribution < -0.4 is 5.56 Å². The Balaban J connectivity index is 2.75. The van der Waals surface area contributed by atoms with E-state index in [0.717, 1.165) is 0 Å². The van der Waals surface area contributed by atoms with Crippen LogP contribution in [0.15, 0.2) is 17.2 Å². The Hall–Kier alpha value is -1.21. The molecular formula is C10H12N2O3S2. The van der Waals surface area contributed by atoms with Crippen LogP contribution >= 0.6 is 11.3 Å². The van der Waals surface area contributed by atoms with Crippen molar-refractivity contribution in [3.63, 3.8) is 0 Å². The lowest BCUT2D eigenvalue weighted by Gasteiger charge is -2.20. The molecule has 0 aliphatic heterocycles. The summed E-state index contributed by atoms with van der Waals surface area (Å²) in [5.41, 5.74) is 0.293. The minimum absolute atomic E-state index is 0.240. The molecule has 0 unspecified atom stereocenters. The molecule has 0 aliphatic carbocycles. The number of sulfone groups is 1. The van der Waals surface area contributed by atoms with E-state index in [0.29, 0.717) is 15.1 Å². The van der Waals surface area contributed by atoms with Gasteiger partial charge in [0.1, 0.15) is 9.45 Å². The maximum atomic E-state index is 11.7. The number of nitrogens with zero attached hydrogens (tertiary/aromatic N) is 1. The summed E-state index contributed by atoms with van der Waals surface area (Å²) in [6.07, 6.45) is 2.50. The molecule has 5 nitrogen and oxygen atoms in total. The number of hydrogen-bond acceptors (Lipinski definition) is 5. The van der Waals surface area contributed by atoms with Crippen LogP contribution in [0, 0.1) is 0 Å². The van der Waals surface area contributed by atoms with Crippen LogP contribution in [0.5, 0.6) is 0 Å². The van der Waals surface area contributed by atoms with Crippen LogP contribution in [0.4, 0.5) is 0 Å². The first kappa shape index (κ1) is 12.3. The maximum absolute atomic E-state index is 11.7. The van der Waals surface area contributed by atoms with Crippen molar-refractivity contribution in [3.05, 3.63) is 27.6 Å². The highest BCUT2D eigenvalue weighted by Crippen LogP contribution is 2.35. The van der Waals surface area contributed by atoms with E-state index in [1.807, 2.05) is 0 Å². The Labute approximate surface area is 102 Å². The van der Waals surface area contributed by atoms with Crippen LogP contribution in [0.3, 0.4) is 0 Å². The lowest BCUT2D eigenvalue weighted by Crippen LogP contribution is -2.26. The minimum atomic E-state index is -3.25. The molecule has 0 bridgehead atoms. The van der Waals surface area contributed by atoms with Crippen LogP contribution in [-0.4, -0.2) is 24.6 Å². The molecule has 2 aromatic rings. The average molecular weight is 272 g/mol. The molecule has 92 valence electrons. The topological polar surface area (TPSA) is 79.9 Å². The van der Waals surface area contributed by atoms with Crippen molar-refractivity contribution < 1.29 is 8.42 Å². The zero-order valence-electron chi connectivity index (χ0n) is 9.64. The third-order valence-corrected chi connectivity index (χ3v) is 6.49. The fourth-order valence-corrected chi connectivity index (χ4v) is 3.35. The number of H-pyrrole nitrogens is 1. The molecule has 0 aliphatic rings. The Bertz CT molecular complexity index is 725. The number of rotatable bonds is 2. The third kappa shape index (κ3) is 1.89. The minimum Gasteiger partial charge on any atom is -0.312 e. The van der Waals surface area contributed by atoms with Crippen LogP contribution in [-0.2, 0) is 14.6 Å². The van der Waals surface area contributed by atoms with Gasteiger partial charge in [0.25, 0.3) is 5.56 Å². The van der Waals surface area contributed by atoms with Gasteiger partial charge in [-0.2, -0.15) is 0 Å². The molecule has 1 N–H and O–H groups in total.